The molecular formula is C14H16BrNO3S. The van der Waals surface area contributed by atoms with Crippen molar-refractivity contribution in [1.82, 2.24) is 4.98 Å². The van der Waals surface area contributed by atoms with Gasteiger partial charge in [-0.05, 0) is 42.8 Å². The Kier molecular flexibility index (Phi) is 4.46. The summed E-state index contributed by atoms with van der Waals surface area (Å²) in [6.45, 7) is 5.94. The second-order valence-corrected chi connectivity index (χ2v) is 7.09. The lowest BCUT2D eigenvalue weighted by Crippen LogP contribution is -2.23. The average Bonchev–Trinajstić information content (AvgIpc) is 2.71. The zero-order valence-corrected chi connectivity index (χ0v) is 14.2. The second kappa shape index (κ2) is 5.79. The highest BCUT2D eigenvalue weighted by Crippen LogP contribution is 2.32. The average molecular weight is 358 g/mol. The Balaban J connectivity index is 2.47. The maximum Gasteiger partial charge on any atom is 0.341 e. The standard InChI is InChI=1S/C14H16BrNO3S/c1-14(2,3)19-13(17)9-7-20-12-10(15)5-8(6-18-4)16-11(9)12/h5,7H,6H2,1-4H3. The highest BCUT2D eigenvalue weighted by Gasteiger charge is 2.22. The lowest BCUT2D eigenvalue weighted by molar-refractivity contribution is 0.00721. The van der Waals surface area contributed by atoms with Crippen molar-refractivity contribution in [3.63, 3.8) is 0 Å². The van der Waals surface area contributed by atoms with Gasteiger partial charge in [0.25, 0.3) is 0 Å². The summed E-state index contributed by atoms with van der Waals surface area (Å²) in [5.74, 6) is -0.349. The third-order valence-electron chi connectivity index (χ3n) is 2.44. The summed E-state index contributed by atoms with van der Waals surface area (Å²) in [5, 5.41) is 1.78. The third-order valence-corrected chi connectivity index (χ3v) is 4.33. The molecule has 0 radical (unpaired) electrons. The zero-order chi connectivity index (χ0) is 14.9. The largest absolute Gasteiger partial charge is 0.456 e. The van der Waals surface area contributed by atoms with Crippen molar-refractivity contribution in [2.45, 2.75) is 33.0 Å². The zero-order valence-electron chi connectivity index (χ0n) is 11.8. The van der Waals surface area contributed by atoms with Gasteiger partial charge in [0, 0.05) is 17.0 Å². The van der Waals surface area contributed by atoms with E-state index in [1.54, 1.807) is 12.5 Å². The lowest BCUT2D eigenvalue weighted by atomic mass is 10.2. The number of nitrogens with zero attached hydrogens (tertiary/aromatic N) is 1. The van der Waals surface area contributed by atoms with Crippen LogP contribution in [0, 0.1) is 0 Å². The van der Waals surface area contributed by atoms with Gasteiger partial charge in [0.2, 0.25) is 0 Å². The molecule has 0 spiro atoms. The highest BCUT2D eigenvalue weighted by molar-refractivity contribution is 9.10. The van der Waals surface area contributed by atoms with E-state index in [0.717, 1.165) is 14.9 Å². The first kappa shape index (κ1) is 15.4. The minimum absolute atomic E-state index is 0.349. The predicted octanol–water partition coefficient (Wildman–Crippen LogP) is 4.16. The van der Waals surface area contributed by atoms with Gasteiger partial charge in [0.1, 0.15) is 5.60 Å². The van der Waals surface area contributed by atoms with Gasteiger partial charge in [0.15, 0.2) is 0 Å². The van der Waals surface area contributed by atoms with Crippen LogP contribution >= 0.6 is 27.3 Å². The summed E-state index contributed by atoms with van der Waals surface area (Å²) in [6, 6.07) is 1.90. The van der Waals surface area contributed by atoms with E-state index < -0.39 is 5.60 Å². The van der Waals surface area contributed by atoms with Crippen LogP contribution in [-0.2, 0) is 16.1 Å². The SMILES string of the molecule is COCc1cc(Br)c2scc(C(=O)OC(C)(C)C)c2n1. The number of thiophene rings is 1. The van der Waals surface area contributed by atoms with Gasteiger partial charge in [-0.25, -0.2) is 9.78 Å². The number of carbonyl (C=O) groups is 1. The Hall–Kier alpha value is -0.980. The van der Waals surface area contributed by atoms with Crippen molar-refractivity contribution in [2.24, 2.45) is 0 Å². The molecule has 0 amide bonds. The van der Waals surface area contributed by atoms with Gasteiger partial charge in [0.05, 0.1) is 28.1 Å². The van der Waals surface area contributed by atoms with Crippen molar-refractivity contribution >= 4 is 43.5 Å². The molecule has 0 fully saturated rings. The van der Waals surface area contributed by atoms with Crippen LogP contribution < -0.4 is 0 Å². The van der Waals surface area contributed by atoms with E-state index in [9.17, 15) is 4.79 Å². The van der Waals surface area contributed by atoms with Crippen LogP contribution in [0.25, 0.3) is 10.2 Å². The minimum atomic E-state index is -0.521. The maximum atomic E-state index is 12.2. The number of rotatable bonds is 3. The van der Waals surface area contributed by atoms with Gasteiger partial charge >= 0.3 is 5.97 Å². The molecule has 0 unspecified atom stereocenters. The smallest absolute Gasteiger partial charge is 0.341 e. The number of hydrogen-bond acceptors (Lipinski definition) is 5. The Morgan fingerprint density at radius 2 is 2.15 bits per heavy atom. The molecule has 2 aromatic heterocycles. The number of carbonyl (C=O) groups excluding carboxylic acids is 1. The first-order chi connectivity index (χ1) is 9.31. The van der Waals surface area contributed by atoms with E-state index in [1.807, 2.05) is 26.8 Å². The van der Waals surface area contributed by atoms with E-state index in [-0.39, 0.29) is 5.97 Å². The Morgan fingerprint density at radius 1 is 1.45 bits per heavy atom. The minimum Gasteiger partial charge on any atom is -0.456 e. The van der Waals surface area contributed by atoms with Crippen LogP contribution in [0.1, 0.15) is 36.8 Å². The van der Waals surface area contributed by atoms with E-state index >= 15 is 0 Å². The van der Waals surface area contributed by atoms with Crippen molar-refractivity contribution in [3.8, 4) is 0 Å². The molecule has 108 valence electrons. The van der Waals surface area contributed by atoms with Gasteiger partial charge in [-0.2, -0.15) is 0 Å². The molecule has 6 heteroatoms. The molecule has 2 aromatic rings. The number of pyridine rings is 1. The number of ether oxygens (including phenoxy) is 2. The molecule has 2 heterocycles. The van der Waals surface area contributed by atoms with E-state index in [1.165, 1.54) is 11.3 Å². The van der Waals surface area contributed by atoms with Gasteiger partial charge in [-0.3, -0.25) is 0 Å². The third kappa shape index (κ3) is 3.37. The number of halogens is 1. The summed E-state index contributed by atoms with van der Waals surface area (Å²) in [4.78, 5) is 16.7. The Bertz CT molecular complexity index is 646. The van der Waals surface area contributed by atoms with Crippen LogP contribution in [0.5, 0.6) is 0 Å². The molecule has 0 aliphatic heterocycles. The second-order valence-electron chi connectivity index (χ2n) is 5.36. The number of methoxy groups -OCH3 is 1. The monoisotopic (exact) mass is 357 g/mol. The lowest BCUT2D eigenvalue weighted by Gasteiger charge is -2.19. The Labute approximate surface area is 130 Å². The molecule has 0 saturated heterocycles. The number of esters is 1. The summed E-state index contributed by atoms with van der Waals surface area (Å²) >= 11 is 4.97. The number of hydrogen-bond donors (Lipinski definition) is 0. The highest BCUT2D eigenvalue weighted by atomic mass is 79.9. The summed E-state index contributed by atoms with van der Waals surface area (Å²) < 4.78 is 12.4. The van der Waals surface area contributed by atoms with Crippen LogP contribution in [0.15, 0.2) is 15.9 Å². The number of aromatic nitrogens is 1. The van der Waals surface area contributed by atoms with Crippen molar-refractivity contribution in [3.05, 3.63) is 27.2 Å². The van der Waals surface area contributed by atoms with E-state index in [4.69, 9.17) is 9.47 Å². The Morgan fingerprint density at radius 3 is 2.75 bits per heavy atom. The summed E-state index contributed by atoms with van der Waals surface area (Å²) in [7, 11) is 1.61. The van der Waals surface area contributed by atoms with Crippen LogP contribution in [-0.4, -0.2) is 23.7 Å². The fourth-order valence-corrected chi connectivity index (χ4v) is 3.33. The van der Waals surface area contributed by atoms with E-state index in [0.29, 0.717) is 17.7 Å². The molecule has 20 heavy (non-hydrogen) atoms. The molecule has 0 aliphatic carbocycles. The predicted molar refractivity (Wildman–Crippen MR) is 83.2 cm³/mol. The molecule has 0 aliphatic rings. The molecule has 4 nitrogen and oxygen atoms in total. The molecule has 0 bridgehead atoms. The maximum absolute atomic E-state index is 12.2. The van der Waals surface area contributed by atoms with E-state index in [2.05, 4.69) is 20.9 Å². The van der Waals surface area contributed by atoms with Gasteiger partial charge in [-0.1, -0.05) is 0 Å². The first-order valence-corrected chi connectivity index (χ1v) is 7.78. The fraction of sp³-hybridized carbons (Fsp3) is 0.429. The number of fused-ring (bicyclic) bond motifs is 1. The first-order valence-electron chi connectivity index (χ1n) is 6.10. The van der Waals surface area contributed by atoms with Gasteiger partial charge in [-0.15, -0.1) is 11.3 Å². The van der Waals surface area contributed by atoms with Crippen molar-refractivity contribution in [1.29, 1.82) is 0 Å². The van der Waals surface area contributed by atoms with Crippen molar-refractivity contribution in [2.75, 3.05) is 7.11 Å². The summed E-state index contributed by atoms with van der Waals surface area (Å²) in [6.07, 6.45) is 0. The summed E-state index contributed by atoms with van der Waals surface area (Å²) in [5.41, 5.74) is 1.41. The fourth-order valence-electron chi connectivity index (χ4n) is 1.72. The van der Waals surface area contributed by atoms with Crippen LogP contribution in [0.4, 0.5) is 0 Å². The molecule has 2 rings (SSSR count). The normalized spacial score (nSPS) is 11.8. The molecule has 0 N–H and O–H groups in total. The molecule has 0 aromatic carbocycles. The van der Waals surface area contributed by atoms with Crippen LogP contribution in [0.3, 0.4) is 0 Å². The van der Waals surface area contributed by atoms with Crippen molar-refractivity contribution < 1.29 is 14.3 Å². The molecule has 0 atom stereocenters. The molecular weight excluding hydrogens is 342 g/mol. The van der Waals surface area contributed by atoms with Crippen LogP contribution in [0.2, 0.25) is 0 Å². The quantitative estimate of drug-likeness (QED) is 0.773. The molecule has 0 saturated carbocycles. The van der Waals surface area contributed by atoms with Gasteiger partial charge < -0.3 is 9.47 Å². The topological polar surface area (TPSA) is 48.4 Å².